The first kappa shape index (κ1) is 22.6. The van der Waals surface area contributed by atoms with Crippen LogP contribution in [0.3, 0.4) is 0 Å². The van der Waals surface area contributed by atoms with Gasteiger partial charge in [0.25, 0.3) is 0 Å². The van der Waals surface area contributed by atoms with E-state index in [1.807, 2.05) is 62.9 Å². The van der Waals surface area contributed by atoms with Gasteiger partial charge in [0.2, 0.25) is 11.8 Å². The third kappa shape index (κ3) is 4.57. The van der Waals surface area contributed by atoms with Crippen LogP contribution in [0.15, 0.2) is 53.3 Å². The standard InChI is InChI=1S/C27H32N4O3/c32-25(29-13-7-1-2-8-14-29)19-28-15-17-30(18-16-28)26(33)20-31-23-11-5-3-9-21(23)27(34)22-10-4-6-12-24(22)31/h3-6,9-12H,1-2,7-8,13-20H2. The molecule has 0 saturated carbocycles. The smallest absolute Gasteiger partial charge is 0.242 e. The Bertz CT molecular complexity index is 1190. The Morgan fingerprint density at radius 2 is 1.12 bits per heavy atom. The van der Waals surface area contributed by atoms with Gasteiger partial charge in [-0.25, -0.2) is 0 Å². The molecule has 178 valence electrons. The molecule has 2 saturated heterocycles. The summed E-state index contributed by atoms with van der Waals surface area (Å²) in [6, 6.07) is 15.0. The lowest BCUT2D eigenvalue weighted by Gasteiger charge is -2.35. The fourth-order valence-corrected chi connectivity index (χ4v) is 5.25. The van der Waals surface area contributed by atoms with E-state index in [4.69, 9.17) is 0 Å². The molecular weight excluding hydrogens is 428 g/mol. The summed E-state index contributed by atoms with van der Waals surface area (Å²) in [5.41, 5.74) is 1.56. The predicted molar refractivity (Wildman–Crippen MR) is 134 cm³/mol. The van der Waals surface area contributed by atoms with Gasteiger partial charge in [0, 0.05) is 50.0 Å². The number of amides is 2. The van der Waals surface area contributed by atoms with E-state index in [-0.39, 0.29) is 23.8 Å². The molecule has 0 aliphatic carbocycles. The van der Waals surface area contributed by atoms with Crippen molar-refractivity contribution in [2.75, 3.05) is 45.8 Å². The summed E-state index contributed by atoms with van der Waals surface area (Å²) in [6.45, 7) is 5.01. The first-order chi connectivity index (χ1) is 16.6. The number of carbonyl (C=O) groups excluding carboxylic acids is 2. The van der Waals surface area contributed by atoms with Crippen LogP contribution in [-0.2, 0) is 16.1 Å². The molecule has 2 aliphatic rings. The lowest BCUT2D eigenvalue weighted by Crippen LogP contribution is -2.52. The first-order valence-corrected chi connectivity index (χ1v) is 12.4. The molecule has 2 aromatic carbocycles. The van der Waals surface area contributed by atoms with Crippen molar-refractivity contribution < 1.29 is 9.59 Å². The number of para-hydroxylation sites is 2. The molecule has 3 aromatic rings. The number of pyridine rings is 1. The number of likely N-dealkylation sites (tertiary alicyclic amines) is 1. The highest BCUT2D eigenvalue weighted by Crippen LogP contribution is 2.20. The zero-order valence-corrected chi connectivity index (χ0v) is 19.6. The van der Waals surface area contributed by atoms with E-state index in [0.29, 0.717) is 43.5 Å². The van der Waals surface area contributed by atoms with Gasteiger partial charge in [-0.3, -0.25) is 19.3 Å². The molecule has 2 amide bonds. The topological polar surface area (TPSA) is 65.9 Å². The number of hydrogen-bond donors (Lipinski definition) is 0. The van der Waals surface area contributed by atoms with E-state index in [0.717, 1.165) is 37.0 Å². The van der Waals surface area contributed by atoms with Crippen molar-refractivity contribution in [2.45, 2.75) is 32.2 Å². The zero-order valence-electron chi connectivity index (χ0n) is 19.6. The molecule has 0 unspecified atom stereocenters. The molecule has 2 fully saturated rings. The van der Waals surface area contributed by atoms with Crippen molar-refractivity contribution in [3.63, 3.8) is 0 Å². The Labute approximate surface area is 199 Å². The Morgan fingerprint density at radius 3 is 1.71 bits per heavy atom. The molecule has 1 aromatic heterocycles. The second kappa shape index (κ2) is 9.97. The third-order valence-electron chi connectivity index (χ3n) is 7.21. The van der Waals surface area contributed by atoms with E-state index >= 15 is 0 Å². The van der Waals surface area contributed by atoms with Crippen LogP contribution >= 0.6 is 0 Å². The molecule has 34 heavy (non-hydrogen) atoms. The number of piperazine rings is 1. The highest BCUT2D eigenvalue weighted by Gasteiger charge is 2.25. The Morgan fingerprint density at radius 1 is 0.618 bits per heavy atom. The summed E-state index contributed by atoms with van der Waals surface area (Å²) in [6.07, 6.45) is 4.63. The van der Waals surface area contributed by atoms with Gasteiger partial charge in [0.1, 0.15) is 6.54 Å². The van der Waals surface area contributed by atoms with Crippen molar-refractivity contribution in [3.8, 4) is 0 Å². The Hall–Kier alpha value is -3.19. The fourth-order valence-electron chi connectivity index (χ4n) is 5.25. The summed E-state index contributed by atoms with van der Waals surface area (Å²) >= 11 is 0. The SMILES string of the molecule is O=C(CN1CCN(C(=O)Cn2c3ccccc3c(=O)c3ccccc32)CC1)N1CCCCCC1. The summed E-state index contributed by atoms with van der Waals surface area (Å²) in [4.78, 5) is 45.0. The molecule has 0 radical (unpaired) electrons. The average molecular weight is 461 g/mol. The number of carbonyl (C=O) groups is 2. The van der Waals surface area contributed by atoms with E-state index in [2.05, 4.69) is 4.90 Å². The van der Waals surface area contributed by atoms with Gasteiger partial charge in [-0.1, -0.05) is 37.1 Å². The summed E-state index contributed by atoms with van der Waals surface area (Å²) in [7, 11) is 0. The molecule has 0 bridgehead atoms. The number of aromatic nitrogens is 1. The third-order valence-corrected chi connectivity index (χ3v) is 7.21. The summed E-state index contributed by atoms with van der Waals surface area (Å²) in [5.74, 6) is 0.255. The fraction of sp³-hybridized carbons (Fsp3) is 0.444. The van der Waals surface area contributed by atoms with Gasteiger partial charge in [-0.15, -0.1) is 0 Å². The number of rotatable bonds is 4. The zero-order chi connectivity index (χ0) is 23.5. The largest absolute Gasteiger partial charge is 0.342 e. The van der Waals surface area contributed by atoms with E-state index in [9.17, 15) is 14.4 Å². The molecule has 0 atom stereocenters. The number of hydrogen-bond acceptors (Lipinski definition) is 4. The second-order valence-electron chi connectivity index (χ2n) is 9.40. The monoisotopic (exact) mass is 460 g/mol. The van der Waals surface area contributed by atoms with Gasteiger partial charge < -0.3 is 14.4 Å². The Balaban J connectivity index is 1.27. The van der Waals surface area contributed by atoms with E-state index < -0.39 is 0 Å². The quantitative estimate of drug-likeness (QED) is 0.562. The van der Waals surface area contributed by atoms with Crippen LogP contribution in [-0.4, -0.2) is 76.9 Å². The average Bonchev–Trinajstić information content (AvgIpc) is 3.17. The molecule has 0 spiro atoms. The van der Waals surface area contributed by atoms with Crippen molar-refractivity contribution in [1.29, 1.82) is 0 Å². The molecule has 3 heterocycles. The van der Waals surface area contributed by atoms with Gasteiger partial charge >= 0.3 is 0 Å². The number of fused-ring (bicyclic) bond motifs is 2. The van der Waals surface area contributed by atoms with Crippen LogP contribution in [0.25, 0.3) is 21.8 Å². The van der Waals surface area contributed by atoms with Crippen LogP contribution in [0.5, 0.6) is 0 Å². The molecule has 5 rings (SSSR count). The lowest BCUT2D eigenvalue weighted by atomic mass is 10.1. The van der Waals surface area contributed by atoms with Gasteiger partial charge in [0.15, 0.2) is 5.43 Å². The van der Waals surface area contributed by atoms with Gasteiger partial charge in [0.05, 0.1) is 17.6 Å². The molecule has 0 N–H and O–H groups in total. The van der Waals surface area contributed by atoms with Crippen LogP contribution in [0, 0.1) is 0 Å². The maximum atomic E-state index is 13.3. The van der Waals surface area contributed by atoms with E-state index in [1.165, 1.54) is 12.8 Å². The molecule has 7 heteroatoms. The summed E-state index contributed by atoms with van der Waals surface area (Å²) < 4.78 is 1.96. The van der Waals surface area contributed by atoms with Crippen molar-refractivity contribution in [3.05, 3.63) is 58.8 Å². The molecule has 2 aliphatic heterocycles. The summed E-state index contributed by atoms with van der Waals surface area (Å²) in [5, 5.41) is 1.26. The molecular formula is C27H32N4O3. The first-order valence-electron chi connectivity index (χ1n) is 12.4. The van der Waals surface area contributed by atoms with Crippen LogP contribution in [0.4, 0.5) is 0 Å². The van der Waals surface area contributed by atoms with Crippen LogP contribution < -0.4 is 5.43 Å². The van der Waals surface area contributed by atoms with Crippen LogP contribution in [0.1, 0.15) is 25.7 Å². The predicted octanol–water partition coefficient (Wildman–Crippen LogP) is 2.70. The maximum absolute atomic E-state index is 13.3. The Kier molecular flexibility index (Phi) is 6.63. The molecule has 7 nitrogen and oxygen atoms in total. The normalized spacial score (nSPS) is 17.8. The van der Waals surface area contributed by atoms with Gasteiger partial charge in [-0.05, 0) is 37.1 Å². The number of benzene rings is 2. The lowest BCUT2D eigenvalue weighted by molar-refractivity contribution is -0.135. The van der Waals surface area contributed by atoms with E-state index in [1.54, 1.807) is 0 Å². The minimum Gasteiger partial charge on any atom is -0.342 e. The minimum absolute atomic E-state index is 0.00223. The van der Waals surface area contributed by atoms with Crippen molar-refractivity contribution >= 4 is 33.6 Å². The number of nitrogens with zero attached hydrogens (tertiary/aromatic N) is 4. The minimum atomic E-state index is -0.00223. The highest BCUT2D eigenvalue weighted by atomic mass is 16.2. The van der Waals surface area contributed by atoms with Crippen molar-refractivity contribution in [2.24, 2.45) is 0 Å². The van der Waals surface area contributed by atoms with Gasteiger partial charge in [-0.2, -0.15) is 0 Å². The van der Waals surface area contributed by atoms with Crippen molar-refractivity contribution in [1.82, 2.24) is 19.3 Å². The maximum Gasteiger partial charge on any atom is 0.242 e. The highest BCUT2D eigenvalue weighted by molar-refractivity contribution is 5.94. The second-order valence-corrected chi connectivity index (χ2v) is 9.40. The van der Waals surface area contributed by atoms with Crippen LogP contribution in [0.2, 0.25) is 0 Å².